The molecule has 0 amide bonds. The van der Waals surface area contributed by atoms with Crippen LogP contribution in [0.2, 0.25) is 0 Å². The fourth-order valence-electron chi connectivity index (χ4n) is 10.3. The summed E-state index contributed by atoms with van der Waals surface area (Å²) in [7, 11) is 0. The number of benzene rings is 7. The number of hydrogen-bond acceptors (Lipinski definition) is 2. The van der Waals surface area contributed by atoms with Gasteiger partial charge in [-0.25, -0.2) is 0 Å². The Labute approximate surface area is 411 Å². The van der Waals surface area contributed by atoms with E-state index in [1.807, 2.05) is 24.3 Å². The lowest BCUT2D eigenvalue weighted by atomic mass is 9.67. The first kappa shape index (κ1) is 46.2. The van der Waals surface area contributed by atoms with Gasteiger partial charge in [-0.2, -0.15) is 0 Å². The molecular formula is C67H62N2. The average Bonchev–Trinajstić information content (AvgIpc) is 3.67. The molecule has 9 rings (SSSR count). The van der Waals surface area contributed by atoms with E-state index < -0.39 is 5.41 Å². The van der Waals surface area contributed by atoms with Crippen LogP contribution < -0.4 is 9.80 Å². The van der Waals surface area contributed by atoms with Crippen LogP contribution in [0.5, 0.6) is 0 Å². The first-order valence-electron chi connectivity index (χ1n) is 24.3. The predicted molar refractivity (Wildman–Crippen MR) is 299 cm³/mol. The molecule has 2 aliphatic rings. The summed E-state index contributed by atoms with van der Waals surface area (Å²) >= 11 is 0. The third kappa shape index (κ3) is 9.24. The molecule has 0 saturated heterocycles. The van der Waals surface area contributed by atoms with Gasteiger partial charge in [0.2, 0.25) is 0 Å². The molecule has 0 saturated carbocycles. The second-order valence-electron chi connectivity index (χ2n) is 18.6. The summed E-state index contributed by atoms with van der Waals surface area (Å²) in [6.07, 6.45) is 23.2. The van der Waals surface area contributed by atoms with Crippen LogP contribution in [0.15, 0.2) is 236 Å². The zero-order chi connectivity index (χ0) is 47.9. The molecule has 0 fully saturated rings. The van der Waals surface area contributed by atoms with Gasteiger partial charge in [0.05, 0.1) is 5.41 Å². The quantitative estimate of drug-likeness (QED) is 0.0793. The summed E-state index contributed by atoms with van der Waals surface area (Å²) < 4.78 is 0. The van der Waals surface area contributed by atoms with Crippen molar-refractivity contribution in [1.29, 1.82) is 0 Å². The molecule has 1 heterocycles. The zero-order valence-electron chi connectivity index (χ0n) is 40.8. The summed E-state index contributed by atoms with van der Waals surface area (Å²) in [6.45, 7) is 19.7. The van der Waals surface area contributed by atoms with Crippen molar-refractivity contribution in [1.82, 2.24) is 0 Å². The smallest absolute Gasteiger partial charge is 0.0714 e. The van der Waals surface area contributed by atoms with Gasteiger partial charge in [-0.1, -0.05) is 194 Å². The number of hydrogen-bond donors (Lipinski definition) is 0. The van der Waals surface area contributed by atoms with Crippen molar-refractivity contribution in [3.8, 4) is 11.1 Å². The number of aryl methyl sites for hydroxylation is 2. The highest BCUT2D eigenvalue weighted by atomic mass is 15.2. The summed E-state index contributed by atoms with van der Waals surface area (Å²) in [4.78, 5) is 4.86. The molecule has 2 heteroatoms. The van der Waals surface area contributed by atoms with Crippen LogP contribution in [-0.2, 0) is 11.8 Å². The highest BCUT2D eigenvalue weighted by Gasteiger charge is 2.46. The molecule has 7 aromatic carbocycles. The van der Waals surface area contributed by atoms with E-state index in [1.54, 1.807) is 0 Å². The predicted octanol–water partition coefficient (Wildman–Crippen LogP) is 17.7. The van der Waals surface area contributed by atoms with Gasteiger partial charge in [0.1, 0.15) is 0 Å². The number of nitrogens with zero attached hydrogens (tertiary/aromatic N) is 2. The van der Waals surface area contributed by atoms with Gasteiger partial charge in [-0.15, -0.1) is 0 Å². The monoisotopic (exact) mass is 894 g/mol. The van der Waals surface area contributed by atoms with E-state index in [0.29, 0.717) is 0 Å². The van der Waals surface area contributed by atoms with Crippen molar-refractivity contribution in [2.45, 2.75) is 52.9 Å². The van der Waals surface area contributed by atoms with Crippen molar-refractivity contribution >= 4 is 41.4 Å². The summed E-state index contributed by atoms with van der Waals surface area (Å²) in [5.41, 5.74) is 22.7. The van der Waals surface area contributed by atoms with Crippen LogP contribution in [0.4, 0.5) is 17.1 Å². The first-order valence-corrected chi connectivity index (χ1v) is 24.3. The normalized spacial score (nSPS) is 13.7. The molecule has 0 spiro atoms. The van der Waals surface area contributed by atoms with Crippen LogP contribution in [0.25, 0.3) is 35.4 Å². The largest absolute Gasteiger partial charge is 0.341 e. The average molecular weight is 895 g/mol. The minimum atomic E-state index is -0.509. The molecule has 0 aromatic heterocycles. The second-order valence-corrected chi connectivity index (χ2v) is 18.6. The van der Waals surface area contributed by atoms with Crippen LogP contribution in [0.3, 0.4) is 0 Å². The number of allylic oxidation sites excluding steroid dienone is 8. The molecule has 340 valence electrons. The van der Waals surface area contributed by atoms with Gasteiger partial charge in [0.25, 0.3) is 0 Å². The lowest BCUT2D eigenvalue weighted by molar-refractivity contribution is 0.756. The number of fused-ring (bicyclic) bond motifs is 4. The maximum Gasteiger partial charge on any atom is 0.0714 e. The van der Waals surface area contributed by atoms with Crippen LogP contribution in [-0.4, -0.2) is 6.54 Å². The molecule has 0 unspecified atom stereocenters. The Morgan fingerprint density at radius 3 is 1.74 bits per heavy atom. The van der Waals surface area contributed by atoms with Gasteiger partial charge >= 0.3 is 0 Å². The Hall–Kier alpha value is -7.94. The highest BCUT2D eigenvalue weighted by molar-refractivity contribution is 5.90. The van der Waals surface area contributed by atoms with Crippen LogP contribution in [0.1, 0.15) is 89.8 Å². The van der Waals surface area contributed by atoms with Crippen LogP contribution >= 0.6 is 0 Å². The topological polar surface area (TPSA) is 6.48 Å². The summed E-state index contributed by atoms with van der Waals surface area (Å²) in [6, 6.07) is 61.0. The first-order chi connectivity index (χ1) is 33.7. The third-order valence-corrected chi connectivity index (χ3v) is 13.6. The lowest BCUT2D eigenvalue weighted by Gasteiger charge is -2.36. The maximum atomic E-state index is 3.95. The molecular weight excluding hydrogens is 833 g/mol. The fourth-order valence-corrected chi connectivity index (χ4v) is 10.3. The minimum Gasteiger partial charge on any atom is -0.341 e. The third-order valence-electron chi connectivity index (χ3n) is 13.6. The van der Waals surface area contributed by atoms with Crippen molar-refractivity contribution in [2.24, 2.45) is 0 Å². The van der Waals surface area contributed by atoms with E-state index in [1.165, 1.54) is 72.6 Å². The maximum absolute atomic E-state index is 3.95. The van der Waals surface area contributed by atoms with Crippen molar-refractivity contribution < 1.29 is 0 Å². The van der Waals surface area contributed by atoms with E-state index in [2.05, 4.69) is 258 Å². The summed E-state index contributed by atoms with van der Waals surface area (Å²) in [5.74, 6) is 0. The SMILES string of the molecule is C=C/C=C\C(=C(C)C)N(C(/C=C\C=C)=C(C)C)c1ccc(C)c(/C=C\c2cccc(/C=C/c3ccc4c(c3)C(c3ccccc3)(c3ccccc3)c3cc(N5CCCc6ccccc65)ccc3-4)c2)c1. The standard InChI is InChI=1S/C67H62N2/c1-8-10-30-64(48(3)4)69(65(49(5)6)31-11-9-2)59-39-33-50(7)55(46-59)38-36-52-23-20-22-51(44-52)34-35-53-37-41-60-61-42-40-58(68-43-21-25-54-24-18-19-32-66(54)68)47-63(61)67(62(60)45-53,56-26-14-12-15-27-56)57-28-16-13-17-29-57/h8-20,22-24,26-42,44-47H,1-2,21,25,43H2,3-7H3/b30-10-,31-11-,35-34+,38-36-. The Morgan fingerprint density at radius 1 is 0.551 bits per heavy atom. The number of rotatable bonds is 14. The van der Waals surface area contributed by atoms with E-state index in [4.69, 9.17) is 0 Å². The van der Waals surface area contributed by atoms with E-state index in [-0.39, 0.29) is 0 Å². The Kier molecular flexibility index (Phi) is 13.7. The molecule has 0 radical (unpaired) electrons. The van der Waals surface area contributed by atoms with Crippen molar-refractivity contribution in [3.63, 3.8) is 0 Å². The number of para-hydroxylation sites is 1. The molecule has 2 nitrogen and oxygen atoms in total. The molecule has 0 atom stereocenters. The molecule has 69 heavy (non-hydrogen) atoms. The highest BCUT2D eigenvalue weighted by Crippen LogP contribution is 2.57. The Bertz CT molecular complexity index is 3140. The van der Waals surface area contributed by atoms with E-state index in [0.717, 1.165) is 53.2 Å². The van der Waals surface area contributed by atoms with Gasteiger partial charge in [-0.3, -0.25) is 0 Å². The molecule has 1 aliphatic carbocycles. The minimum absolute atomic E-state index is 0.509. The van der Waals surface area contributed by atoms with Gasteiger partial charge < -0.3 is 9.80 Å². The molecule has 0 N–H and O–H groups in total. The Balaban J connectivity index is 1.07. The van der Waals surface area contributed by atoms with E-state index in [9.17, 15) is 0 Å². The lowest BCUT2D eigenvalue weighted by Crippen LogP contribution is -2.29. The molecule has 0 bridgehead atoms. The van der Waals surface area contributed by atoms with Gasteiger partial charge in [-0.05, 0) is 169 Å². The zero-order valence-corrected chi connectivity index (χ0v) is 40.8. The van der Waals surface area contributed by atoms with Crippen molar-refractivity contribution in [2.75, 3.05) is 16.3 Å². The molecule has 7 aromatic rings. The van der Waals surface area contributed by atoms with Gasteiger partial charge in [0, 0.05) is 35.0 Å². The fraction of sp³-hybridized carbons (Fsp3) is 0.134. The van der Waals surface area contributed by atoms with Crippen LogP contribution in [0, 0.1) is 6.92 Å². The Morgan fingerprint density at radius 2 is 1.12 bits per heavy atom. The van der Waals surface area contributed by atoms with E-state index >= 15 is 0 Å². The molecule has 1 aliphatic heterocycles. The van der Waals surface area contributed by atoms with Gasteiger partial charge in [0.15, 0.2) is 0 Å². The second kappa shape index (κ2) is 20.5. The summed E-state index contributed by atoms with van der Waals surface area (Å²) in [5, 5.41) is 0. The van der Waals surface area contributed by atoms with Crippen molar-refractivity contribution in [3.05, 3.63) is 292 Å². The number of anilines is 3.